The van der Waals surface area contributed by atoms with Gasteiger partial charge in [-0.15, -0.1) is 0 Å². The number of benzene rings is 1. The first-order chi connectivity index (χ1) is 15.8. The Morgan fingerprint density at radius 2 is 2.15 bits per heavy atom. The molecular formula is C21H23ClN6O5. The van der Waals surface area contributed by atoms with Crippen LogP contribution in [0.25, 0.3) is 5.69 Å². The van der Waals surface area contributed by atoms with E-state index in [0.29, 0.717) is 22.8 Å². The lowest BCUT2D eigenvalue weighted by Crippen LogP contribution is -2.54. The Morgan fingerprint density at radius 1 is 1.33 bits per heavy atom. The van der Waals surface area contributed by atoms with Gasteiger partial charge < -0.3 is 15.4 Å². The predicted octanol–water partition coefficient (Wildman–Crippen LogP) is 1.90. The fourth-order valence-electron chi connectivity index (χ4n) is 4.29. The number of nitrogens with one attached hydrogen (secondary N) is 2. The zero-order chi connectivity index (χ0) is 23.6. The number of ether oxygens (including phenoxy) is 1. The molecule has 1 saturated heterocycles. The van der Waals surface area contributed by atoms with Crippen molar-refractivity contribution in [3.05, 3.63) is 35.9 Å². The SMILES string of the molecule is CC1CCCCC12NC(=O)N(CC(=O)OCC(=O)Nc1cc(Cl)ccc1-n1cncn1)C2=O. The molecule has 2 aromatic rings. The molecule has 1 aliphatic carbocycles. The largest absolute Gasteiger partial charge is 0.454 e. The molecule has 2 fully saturated rings. The van der Waals surface area contributed by atoms with Crippen molar-refractivity contribution in [2.45, 2.75) is 38.1 Å². The van der Waals surface area contributed by atoms with Crippen LogP contribution in [0.15, 0.2) is 30.9 Å². The third-order valence-corrected chi connectivity index (χ3v) is 6.29. The lowest BCUT2D eigenvalue weighted by molar-refractivity contribution is -0.150. The van der Waals surface area contributed by atoms with Gasteiger partial charge in [-0.2, -0.15) is 5.10 Å². The van der Waals surface area contributed by atoms with Crippen LogP contribution in [0, 0.1) is 5.92 Å². The van der Waals surface area contributed by atoms with Gasteiger partial charge in [-0.3, -0.25) is 19.3 Å². The number of esters is 1. The second kappa shape index (κ2) is 9.18. The van der Waals surface area contributed by atoms with Crippen molar-refractivity contribution >= 4 is 41.1 Å². The van der Waals surface area contributed by atoms with E-state index in [1.54, 1.807) is 12.1 Å². The molecule has 2 unspecified atom stereocenters. The first kappa shape index (κ1) is 22.7. The van der Waals surface area contributed by atoms with E-state index in [-0.39, 0.29) is 5.92 Å². The van der Waals surface area contributed by atoms with Gasteiger partial charge in [0.25, 0.3) is 11.8 Å². The highest BCUT2D eigenvalue weighted by Crippen LogP contribution is 2.38. The summed E-state index contributed by atoms with van der Waals surface area (Å²) in [5.74, 6) is -1.93. The highest BCUT2D eigenvalue weighted by atomic mass is 35.5. The average Bonchev–Trinajstić information content (AvgIpc) is 3.38. The number of aromatic nitrogens is 3. The highest BCUT2D eigenvalue weighted by Gasteiger charge is 2.55. The molecule has 1 aromatic heterocycles. The number of carbonyl (C=O) groups is 4. The number of imide groups is 1. The van der Waals surface area contributed by atoms with E-state index >= 15 is 0 Å². The smallest absolute Gasteiger partial charge is 0.326 e. The number of hydrogen-bond donors (Lipinski definition) is 2. The highest BCUT2D eigenvalue weighted by molar-refractivity contribution is 6.31. The zero-order valence-electron chi connectivity index (χ0n) is 17.9. The predicted molar refractivity (Wildman–Crippen MR) is 117 cm³/mol. The number of nitrogens with zero attached hydrogens (tertiary/aromatic N) is 4. The molecule has 2 aliphatic rings. The van der Waals surface area contributed by atoms with Crippen molar-refractivity contribution in [3.8, 4) is 5.69 Å². The molecule has 1 aliphatic heterocycles. The summed E-state index contributed by atoms with van der Waals surface area (Å²) in [6, 6.07) is 4.19. The molecule has 0 bridgehead atoms. The van der Waals surface area contributed by atoms with Crippen molar-refractivity contribution in [1.82, 2.24) is 25.0 Å². The number of anilines is 1. The summed E-state index contributed by atoms with van der Waals surface area (Å²) in [6.45, 7) is 0.758. The monoisotopic (exact) mass is 474 g/mol. The molecule has 1 spiro atoms. The normalized spacial score (nSPS) is 22.4. The molecule has 12 heteroatoms. The fourth-order valence-corrected chi connectivity index (χ4v) is 4.46. The Kier molecular flexibility index (Phi) is 6.32. The summed E-state index contributed by atoms with van der Waals surface area (Å²) >= 11 is 6.03. The van der Waals surface area contributed by atoms with Gasteiger partial charge in [-0.25, -0.2) is 14.5 Å². The Balaban J connectivity index is 1.34. The van der Waals surface area contributed by atoms with Crippen molar-refractivity contribution < 1.29 is 23.9 Å². The summed E-state index contributed by atoms with van der Waals surface area (Å²) in [6.07, 6.45) is 5.99. The van der Waals surface area contributed by atoms with E-state index in [2.05, 4.69) is 20.7 Å². The number of halogens is 1. The molecule has 174 valence electrons. The van der Waals surface area contributed by atoms with Gasteiger partial charge in [-0.1, -0.05) is 31.4 Å². The minimum atomic E-state index is -0.961. The van der Waals surface area contributed by atoms with Crippen molar-refractivity contribution in [2.24, 2.45) is 5.92 Å². The van der Waals surface area contributed by atoms with Crippen LogP contribution in [0.2, 0.25) is 5.02 Å². The van der Waals surface area contributed by atoms with Crippen LogP contribution in [0.5, 0.6) is 0 Å². The van der Waals surface area contributed by atoms with Crippen LogP contribution < -0.4 is 10.6 Å². The number of hydrogen-bond acceptors (Lipinski definition) is 7. The molecule has 1 aromatic carbocycles. The van der Waals surface area contributed by atoms with E-state index in [0.717, 1.165) is 24.2 Å². The maximum atomic E-state index is 12.9. The third-order valence-electron chi connectivity index (χ3n) is 6.05. The Bertz CT molecular complexity index is 1090. The maximum Gasteiger partial charge on any atom is 0.326 e. The van der Waals surface area contributed by atoms with E-state index < -0.39 is 42.5 Å². The molecule has 2 heterocycles. The first-order valence-electron chi connectivity index (χ1n) is 10.5. The second-order valence-electron chi connectivity index (χ2n) is 8.15. The number of amides is 4. The number of carbonyl (C=O) groups excluding carboxylic acids is 4. The van der Waals surface area contributed by atoms with Crippen LogP contribution in [-0.4, -0.2) is 62.2 Å². The minimum absolute atomic E-state index is 0.0219. The average molecular weight is 475 g/mol. The number of rotatable bonds is 6. The first-order valence-corrected chi connectivity index (χ1v) is 10.9. The molecule has 33 heavy (non-hydrogen) atoms. The van der Waals surface area contributed by atoms with Gasteiger partial charge in [0.1, 0.15) is 24.7 Å². The van der Waals surface area contributed by atoms with Crippen molar-refractivity contribution in [2.75, 3.05) is 18.5 Å². The molecule has 0 radical (unpaired) electrons. The molecule has 11 nitrogen and oxygen atoms in total. The van der Waals surface area contributed by atoms with Gasteiger partial charge in [0.05, 0.1) is 11.4 Å². The summed E-state index contributed by atoms with van der Waals surface area (Å²) in [5.41, 5.74) is -0.101. The van der Waals surface area contributed by atoms with Gasteiger partial charge in [0.2, 0.25) is 0 Å². The standard InChI is InChI=1S/C21H23ClN6O5/c1-13-4-2-3-7-21(13)19(31)27(20(32)26-21)9-18(30)33-10-17(29)25-15-8-14(22)5-6-16(15)28-12-23-11-24-28/h5-6,8,11-13H,2-4,7,9-10H2,1H3,(H,25,29)(H,26,32). The lowest BCUT2D eigenvalue weighted by Gasteiger charge is -2.36. The minimum Gasteiger partial charge on any atom is -0.454 e. The molecule has 2 atom stereocenters. The van der Waals surface area contributed by atoms with Crippen LogP contribution >= 0.6 is 11.6 Å². The fraction of sp³-hybridized carbons (Fsp3) is 0.429. The van der Waals surface area contributed by atoms with E-state index in [1.807, 2.05) is 6.92 Å². The van der Waals surface area contributed by atoms with Gasteiger partial charge in [-0.05, 0) is 37.0 Å². The van der Waals surface area contributed by atoms with Gasteiger partial charge in [0.15, 0.2) is 6.61 Å². The molecule has 4 rings (SSSR count). The van der Waals surface area contributed by atoms with E-state index in [1.165, 1.54) is 23.4 Å². The van der Waals surface area contributed by atoms with Crippen molar-refractivity contribution in [3.63, 3.8) is 0 Å². The molecular weight excluding hydrogens is 452 g/mol. The van der Waals surface area contributed by atoms with Gasteiger partial charge >= 0.3 is 12.0 Å². The maximum absolute atomic E-state index is 12.9. The van der Waals surface area contributed by atoms with Crippen LogP contribution in [0.1, 0.15) is 32.6 Å². The third kappa shape index (κ3) is 4.54. The summed E-state index contributed by atoms with van der Waals surface area (Å²) in [4.78, 5) is 54.7. The summed E-state index contributed by atoms with van der Waals surface area (Å²) in [7, 11) is 0. The van der Waals surface area contributed by atoms with E-state index in [4.69, 9.17) is 16.3 Å². The van der Waals surface area contributed by atoms with Crippen LogP contribution in [-0.2, 0) is 19.1 Å². The molecule has 4 amide bonds. The summed E-state index contributed by atoms with van der Waals surface area (Å²) in [5, 5.41) is 9.79. The Hall–Kier alpha value is -3.47. The van der Waals surface area contributed by atoms with Crippen LogP contribution in [0.4, 0.5) is 10.5 Å². The molecule has 1 saturated carbocycles. The van der Waals surface area contributed by atoms with Crippen LogP contribution in [0.3, 0.4) is 0 Å². The van der Waals surface area contributed by atoms with E-state index in [9.17, 15) is 19.2 Å². The summed E-state index contributed by atoms with van der Waals surface area (Å²) < 4.78 is 6.45. The van der Waals surface area contributed by atoms with Crippen molar-refractivity contribution in [1.29, 1.82) is 0 Å². The topological polar surface area (TPSA) is 136 Å². The molecule has 2 N–H and O–H groups in total. The Morgan fingerprint density at radius 3 is 2.88 bits per heavy atom. The zero-order valence-corrected chi connectivity index (χ0v) is 18.7. The second-order valence-corrected chi connectivity index (χ2v) is 8.59. The number of urea groups is 1. The van der Waals surface area contributed by atoms with Gasteiger partial charge in [0, 0.05) is 5.02 Å². The Labute approximate surface area is 194 Å². The lowest BCUT2D eigenvalue weighted by atomic mass is 9.73. The quantitative estimate of drug-likeness (QED) is 0.482.